The van der Waals surface area contributed by atoms with Gasteiger partial charge < -0.3 is 0 Å². The molecule has 8 saturated carbocycles. The fourth-order valence-corrected chi connectivity index (χ4v) is 8.92. The molecule has 0 aromatic heterocycles. The lowest BCUT2D eigenvalue weighted by Crippen LogP contribution is -2.64. The Bertz CT molecular complexity index is 320. The molecule has 0 heterocycles. The topological polar surface area (TPSA) is 0 Å². The van der Waals surface area contributed by atoms with Crippen molar-refractivity contribution in [2.24, 2.45) is 46.8 Å². The Hall–Kier alpha value is -0.130. The zero-order valence-corrected chi connectivity index (χ0v) is 12.1. The van der Waals surface area contributed by atoms with E-state index in [0.29, 0.717) is 0 Å². The Balaban J connectivity index is 1.48. The van der Waals surface area contributed by atoms with Gasteiger partial charge in [-0.3, -0.25) is 0 Å². The third-order valence-electron chi connectivity index (χ3n) is 8.75. The summed E-state index contributed by atoms with van der Waals surface area (Å²) < 4.78 is 0. The zero-order chi connectivity index (χ0) is 12.2. The molecule has 3 atom stereocenters. The average Bonchev–Trinajstić information content (AvgIpc) is 2.36. The molecular formula is C19H27+. The quantitative estimate of drug-likeness (QED) is 0.543. The summed E-state index contributed by atoms with van der Waals surface area (Å²) in [7, 11) is 0. The SMILES string of the molecule is C1C2CC3CC1CC(C2)C31[C+]2C[C@@H]3CC1C[C@H](C2)C3. The molecule has 1 spiro atoms. The third kappa shape index (κ3) is 1.10. The minimum atomic E-state index is 0.820. The van der Waals surface area contributed by atoms with E-state index in [4.69, 9.17) is 0 Å². The second kappa shape index (κ2) is 3.20. The predicted molar refractivity (Wildman–Crippen MR) is 76.3 cm³/mol. The summed E-state index contributed by atoms with van der Waals surface area (Å²) in [5.41, 5.74) is 0.820. The molecule has 1 unspecified atom stereocenters. The van der Waals surface area contributed by atoms with Gasteiger partial charge in [0.1, 0.15) is 5.41 Å². The Labute approximate surface area is 117 Å². The van der Waals surface area contributed by atoms with Crippen molar-refractivity contribution < 1.29 is 0 Å². The van der Waals surface area contributed by atoms with Gasteiger partial charge in [0.05, 0.1) is 18.8 Å². The molecule has 0 aromatic carbocycles. The van der Waals surface area contributed by atoms with E-state index in [9.17, 15) is 0 Å². The highest BCUT2D eigenvalue weighted by molar-refractivity contribution is 5.27. The van der Waals surface area contributed by atoms with Gasteiger partial charge >= 0.3 is 0 Å². The molecule has 8 aliphatic rings. The standard InChI is InChI=1S/C19H27/c1-11-3-15-5-12(1)6-16(4-11)19(15)17-7-13-2-14(9-17)10-18(19)8-13/h11-17H,1-10H2/q+1/t11?,12?,13-,14+,15?,16?,17?,19?. The van der Waals surface area contributed by atoms with Crippen LogP contribution in [0.4, 0.5) is 0 Å². The predicted octanol–water partition coefficient (Wildman–Crippen LogP) is 4.84. The van der Waals surface area contributed by atoms with Gasteiger partial charge in [-0.25, -0.2) is 0 Å². The van der Waals surface area contributed by atoms with E-state index < -0.39 is 0 Å². The first kappa shape index (κ1) is 10.6. The van der Waals surface area contributed by atoms with E-state index in [-0.39, 0.29) is 0 Å². The summed E-state index contributed by atoms with van der Waals surface area (Å²) in [6.07, 6.45) is 16.2. The highest BCUT2D eigenvalue weighted by atomic mass is 14.7. The van der Waals surface area contributed by atoms with Gasteiger partial charge in [-0.2, -0.15) is 0 Å². The first-order valence-electron chi connectivity index (χ1n) is 9.17. The van der Waals surface area contributed by atoms with E-state index >= 15 is 0 Å². The molecule has 8 aliphatic carbocycles. The fourth-order valence-electron chi connectivity index (χ4n) is 8.92. The van der Waals surface area contributed by atoms with E-state index in [2.05, 4.69) is 5.92 Å². The minimum Gasteiger partial charge on any atom is -0.0475 e. The lowest BCUT2D eigenvalue weighted by atomic mass is 9.32. The molecule has 0 N–H and O–H groups in total. The molecule has 102 valence electrons. The normalized spacial score (nSPS) is 64.4. The van der Waals surface area contributed by atoms with E-state index in [1.165, 1.54) is 0 Å². The lowest BCUT2D eigenvalue weighted by Gasteiger charge is -2.66. The van der Waals surface area contributed by atoms with Crippen LogP contribution in [0, 0.1) is 52.8 Å². The average molecular weight is 255 g/mol. The van der Waals surface area contributed by atoms with Crippen LogP contribution in [0.1, 0.15) is 64.2 Å². The van der Waals surface area contributed by atoms with Crippen LogP contribution >= 0.6 is 0 Å². The Kier molecular flexibility index (Phi) is 1.78. The molecule has 0 amide bonds. The molecule has 0 nitrogen and oxygen atoms in total. The molecule has 0 aromatic rings. The van der Waals surface area contributed by atoms with E-state index in [0.717, 1.165) is 46.8 Å². The molecule has 8 rings (SSSR count). The Morgan fingerprint density at radius 1 is 0.526 bits per heavy atom. The minimum absolute atomic E-state index is 0.820. The van der Waals surface area contributed by atoms with Crippen molar-refractivity contribution in [2.75, 3.05) is 0 Å². The number of hydrogen-bond acceptors (Lipinski definition) is 0. The highest BCUT2D eigenvalue weighted by Crippen LogP contribution is 2.76. The van der Waals surface area contributed by atoms with Crippen molar-refractivity contribution >= 4 is 0 Å². The molecule has 0 radical (unpaired) electrons. The molecule has 0 saturated heterocycles. The van der Waals surface area contributed by atoms with E-state index in [1.807, 2.05) is 0 Å². The maximum absolute atomic E-state index is 2.14. The summed E-state index contributed by atoms with van der Waals surface area (Å²) in [4.78, 5) is 0. The van der Waals surface area contributed by atoms with Gasteiger partial charge in [0.15, 0.2) is 0 Å². The summed E-state index contributed by atoms with van der Waals surface area (Å²) >= 11 is 0. The van der Waals surface area contributed by atoms with E-state index in [1.54, 1.807) is 64.2 Å². The maximum atomic E-state index is 2.14. The molecule has 8 fully saturated rings. The molecule has 19 heavy (non-hydrogen) atoms. The summed E-state index contributed by atoms with van der Waals surface area (Å²) in [5.74, 6) is 10.2. The van der Waals surface area contributed by atoms with Crippen molar-refractivity contribution in [3.63, 3.8) is 0 Å². The molecule has 8 bridgehead atoms. The summed E-state index contributed by atoms with van der Waals surface area (Å²) in [6, 6.07) is 0. The Morgan fingerprint density at radius 2 is 0.947 bits per heavy atom. The van der Waals surface area contributed by atoms with Gasteiger partial charge in [0.25, 0.3) is 0 Å². The van der Waals surface area contributed by atoms with Crippen molar-refractivity contribution in [1.29, 1.82) is 0 Å². The number of hydrogen-bond donors (Lipinski definition) is 0. The number of rotatable bonds is 0. The van der Waals surface area contributed by atoms with Gasteiger partial charge in [-0.05, 0) is 63.2 Å². The Morgan fingerprint density at radius 3 is 1.47 bits per heavy atom. The van der Waals surface area contributed by atoms with Crippen LogP contribution in [0.2, 0.25) is 0 Å². The van der Waals surface area contributed by atoms with Gasteiger partial charge in [0, 0.05) is 29.6 Å². The van der Waals surface area contributed by atoms with Gasteiger partial charge in [0.2, 0.25) is 0 Å². The lowest BCUT2D eigenvalue weighted by molar-refractivity contribution is -0.182. The first-order valence-corrected chi connectivity index (χ1v) is 9.17. The monoisotopic (exact) mass is 255 g/mol. The van der Waals surface area contributed by atoms with Gasteiger partial charge in [-0.1, -0.05) is 0 Å². The van der Waals surface area contributed by atoms with Crippen LogP contribution in [-0.4, -0.2) is 0 Å². The van der Waals surface area contributed by atoms with Crippen molar-refractivity contribution in [1.82, 2.24) is 0 Å². The largest absolute Gasteiger partial charge is 0.119 e. The summed E-state index contributed by atoms with van der Waals surface area (Å²) in [6.45, 7) is 0. The smallest absolute Gasteiger partial charge is 0.0475 e. The molecule has 0 heteroatoms. The second-order valence-corrected chi connectivity index (χ2v) is 9.39. The first-order chi connectivity index (χ1) is 9.32. The second-order valence-electron chi connectivity index (χ2n) is 9.39. The van der Waals surface area contributed by atoms with Crippen LogP contribution in [0.3, 0.4) is 0 Å². The molecular weight excluding hydrogens is 228 g/mol. The van der Waals surface area contributed by atoms with Crippen LogP contribution in [0.15, 0.2) is 0 Å². The van der Waals surface area contributed by atoms with Crippen LogP contribution < -0.4 is 0 Å². The van der Waals surface area contributed by atoms with Crippen molar-refractivity contribution in [2.45, 2.75) is 64.2 Å². The van der Waals surface area contributed by atoms with Crippen LogP contribution in [-0.2, 0) is 0 Å². The molecule has 0 aliphatic heterocycles. The summed E-state index contributed by atoms with van der Waals surface area (Å²) in [5, 5.41) is 0. The maximum Gasteiger partial charge on any atom is 0.119 e. The van der Waals surface area contributed by atoms with Gasteiger partial charge in [-0.15, -0.1) is 0 Å². The van der Waals surface area contributed by atoms with Crippen LogP contribution in [0.25, 0.3) is 0 Å². The highest BCUT2D eigenvalue weighted by Gasteiger charge is 2.73. The van der Waals surface area contributed by atoms with Crippen molar-refractivity contribution in [3.05, 3.63) is 5.92 Å². The van der Waals surface area contributed by atoms with Crippen LogP contribution in [0.5, 0.6) is 0 Å². The van der Waals surface area contributed by atoms with Crippen molar-refractivity contribution in [3.8, 4) is 0 Å². The third-order valence-corrected chi connectivity index (χ3v) is 8.75. The fraction of sp³-hybridized carbons (Fsp3) is 0.947. The zero-order valence-electron chi connectivity index (χ0n) is 12.1.